The molecular weight excluding hydrogens is 314 g/mol. The van der Waals surface area contributed by atoms with E-state index in [0.717, 1.165) is 35.1 Å². The number of ether oxygens (including phenoxy) is 1. The first-order valence-corrected chi connectivity index (χ1v) is 8.62. The number of nitrogens with one attached hydrogen (secondary N) is 1. The highest BCUT2D eigenvalue weighted by Gasteiger charge is 2.31. The van der Waals surface area contributed by atoms with Gasteiger partial charge in [-0.3, -0.25) is 0 Å². The predicted molar refractivity (Wildman–Crippen MR) is 86.1 cm³/mol. The van der Waals surface area contributed by atoms with E-state index in [1.54, 1.807) is 0 Å². The molecule has 1 aliphatic carbocycles. The Balaban J connectivity index is 1.77. The summed E-state index contributed by atoms with van der Waals surface area (Å²) in [5, 5.41) is 3.92. The first kappa shape index (κ1) is 14.4. The largest absolute Gasteiger partial charge is 0.493 e. The van der Waals surface area contributed by atoms with Gasteiger partial charge < -0.3 is 10.1 Å². The molecule has 0 spiro atoms. The maximum absolute atomic E-state index is 5.78. The molecule has 1 fully saturated rings. The van der Waals surface area contributed by atoms with Crippen LogP contribution in [0.5, 0.6) is 5.75 Å². The third kappa shape index (κ3) is 2.89. The molecule has 0 aromatic heterocycles. The topological polar surface area (TPSA) is 21.3 Å². The lowest BCUT2D eigenvalue weighted by Gasteiger charge is -2.38. The fraction of sp³-hybridized carbons (Fsp3) is 0.647. The van der Waals surface area contributed by atoms with Crippen molar-refractivity contribution in [3.63, 3.8) is 0 Å². The minimum absolute atomic E-state index is 0.439. The second kappa shape index (κ2) is 6.07. The molecule has 0 bridgehead atoms. The molecule has 4 unspecified atom stereocenters. The molecule has 1 N–H and O–H groups in total. The zero-order valence-corrected chi connectivity index (χ0v) is 13.9. The second-order valence-electron chi connectivity index (χ2n) is 6.41. The molecule has 3 rings (SSSR count). The van der Waals surface area contributed by atoms with Crippen LogP contribution < -0.4 is 10.1 Å². The highest BCUT2D eigenvalue weighted by molar-refractivity contribution is 9.10. The molecule has 110 valence electrons. The maximum Gasteiger partial charge on any atom is 0.124 e. The quantitative estimate of drug-likeness (QED) is 0.845. The van der Waals surface area contributed by atoms with Crippen LogP contribution in [0.25, 0.3) is 0 Å². The standard InChI is InChI=1S/C17H24BrNO/c1-11-4-3-5-15(12(11)2)19-16-8-9-20-17-7-6-13(18)10-14(16)17/h6-7,10-12,15-16,19H,3-5,8-9H2,1-2H3. The molecule has 1 aromatic rings. The van der Waals surface area contributed by atoms with Crippen LogP contribution in [0.1, 0.15) is 51.1 Å². The molecule has 4 atom stereocenters. The summed E-state index contributed by atoms with van der Waals surface area (Å²) in [4.78, 5) is 0. The van der Waals surface area contributed by atoms with E-state index in [9.17, 15) is 0 Å². The SMILES string of the molecule is CC1CCCC(NC2CCOc3ccc(Br)cc32)C1C. The first-order valence-electron chi connectivity index (χ1n) is 7.83. The summed E-state index contributed by atoms with van der Waals surface area (Å²) >= 11 is 3.58. The molecule has 3 heteroatoms. The van der Waals surface area contributed by atoms with Crippen LogP contribution in [-0.4, -0.2) is 12.6 Å². The highest BCUT2D eigenvalue weighted by atomic mass is 79.9. The van der Waals surface area contributed by atoms with Crippen LogP contribution in [0, 0.1) is 11.8 Å². The molecule has 2 aliphatic rings. The lowest BCUT2D eigenvalue weighted by atomic mass is 9.77. The van der Waals surface area contributed by atoms with Gasteiger partial charge in [0, 0.05) is 28.5 Å². The summed E-state index contributed by atoms with van der Waals surface area (Å²) in [6.45, 7) is 5.62. The van der Waals surface area contributed by atoms with Gasteiger partial charge in [0.2, 0.25) is 0 Å². The van der Waals surface area contributed by atoms with Crippen LogP contribution >= 0.6 is 15.9 Å². The molecule has 1 heterocycles. The van der Waals surface area contributed by atoms with E-state index in [1.165, 1.54) is 24.8 Å². The number of benzene rings is 1. The Morgan fingerprint density at radius 3 is 2.90 bits per heavy atom. The van der Waals surface area contributed by atoms with E-state index >= 15 is 0 Å². The molecule has 1 saturated carbocycles. The van der Waals surface area contributed by atoms with E-state index in [4.69, 9.17) is 4.74 Å². The molecule has 1 aliphatic heterocycles. The average molecular weight is 338 g/mol. The number of hydrogen-bond acceptors (Lipinski definition) is 2. The van der Waals surface area contributed by atoms with Crippen molar-refractivity contribution in [1.29, 1.82) is 0 Å². The van der Waals surface area contributed by atoms with Crippen molar-refractivity contribution in [1.82, 2.24) is 5.32 Å². The summed E-state index contributed by atoms with van der Waals surface area (Å²) in [5.41, 5.74) is 1.32. The zero-order valence-electron chi connectivity index (χ0n) is 12.4. The molecule has 0 radical (unpaired) electrons. The molecule has 0 saturated heterocycles. The molecule has 1 aromatic carbocycles. The van der Waals surface area contributed by atoms with Crippen molar-refractivity contribution in [3.05, 3.63) is 28.2 Å². The number of hydrogen-bond donors (Lipinski definition) is 1. The van der Waals surface area contributed by atoms with Gasteiger partial charge in [-0.05, 0) is 36.5 Å². The maximum atomic E-state index is 5.78. The van der Waals surface area contributed by atoms with Gasteiger partial charge in [-0.2, -0.15) is 0 Å². The third-order valence-corrected chi connectivity index (χ3v) is 5.63. The van der Waals surface area contributed by atoms with Gasteiger partial charge in [-0.1, -0.05) is 42.6 Å². The van der Waals surface area contributed by atoms with Crippen molar-refractivity contribution in [2.75, 3.05) is 6.61 Å². The third-order valence-electron chi connectivity index (χ3n) is 5.13. The average Bonchev–Trinajstić information content (AvgIpc) is 2.44. The fourth-order valence-corrected chi connectivity index (χ4v) is 3.99. The van der Waals surface area contributed by atoms with Crippen molar-refractivity contribution in [3.8, 4) is 5.75 Å². The van der Waals surface area contributed by atoms with E-state index in [0.29, 0.717) is 12.1 Å². The predicted octanol–water partition coefficient (Wildman–Crippen LogP) is 4.69. The van der Waals surface area contributed by atoms with Crippen molar-refractivity contribution in [2.24, 2.45) is 11.8 Å². The summed E-state index contributed by atoms with van der Waals surface area (Å²) in [6.07, 6.45) is 5.13. The first-order chi connectivity index (χ1) is 9.65. The lowest BCUT2D eigenvalue weighted by Crippen LogP contribution is -2.43. The van der Waals surface area contributed by atoms with Gasteiger partial charge in [0.05, 0.1) is 6.61 Å². The van der Waals surface area contributed by atoms with E-state index in [-0.39, 0.29) is 0 Å². The molecule has 0 amide bonds. The summed E-state index contributed by atoms with van der Waals surface area (Å²) in [6, 6.07) is 7.44. The second-order valence-corrected chi connectivity index (χ2v) is 7.33. The molecular formula is C17H24BrNO. The monoisotopic (exact) mass is 337 g/mol. The Morgan fingerprint density at radius 2 is 2.05 bits per heavy atom. The number of rotatable bonds is 2. The van der Waals surface area contributed by atoms with Gasteiger partial charge in [-0.25, -0.2) is 0 Å². The zero-order chi connectivity index (χ0) is 14.1. The smallest absolute Gasteiger partial charge is 0.124 e. The molecule has 20 heavy (non-hydrogen) atoms. The van der Waals surface area contributed by atoms with Crippen LogP contribution in [-0.2, 0) is 0 Å². The summed E-state index contributed by atoms with van der Waals surface area (Å²) in [5.74, 6) is 2.65. The van der Waals surface area contributed by atoms with Crippen LogP contribution in [0.2, 0.25) is 0 Å². The Morgan fingerprint density at radius 1 is 1.20 bits per heavy atom. The van der Waals surface area contributed by atoms with Crippen LogP contribution in [0.15, 0.2) is 22.7 Å². The Hall–Kier alpha value is -0.540. The lowest BCUT2D eigenvalue weighted by molar-refractivity contribution is 0.173. The van der Waals surface area contributed by atoms with Crippen molar-refractivity contribution >= 4 is 15.9 Å². The fourth-order valence-electron chi connectivity index (χ4n) is 3.61. The van der Waals surface area contributed by atoms with Gasteiger partial charge >= 0.3 is 0 Å². The van der Waals surface area contributed by atoms with E-state index < -0.39 is 0 Å². The molecule has 2 nitrogen and oxygen atoms in total. The number of halogens is 1. The van der Waals surface area contributed by atoms with Crippen molar-refractivity contribution < 1.29 is 4.74 Å². The van der Waals surface area contributed by atoms with Gasteiger partial charge in [0.25, 0.3) is 0 Å². The van der Waals surface area contributed by atoms with E-state index in [1.807, 2.05) is 0 Å². The van der Waals surface area contributed by atoms with Gasteiger partial charge in [0.15, 0.2) is 0 Å². The minimum Gasteiger partial charge on any atom is -0.493 e. The Labute approximate surface area is 130 Å². The van der Waals surface area contributed by atoms with Crippen LogP contribution in [0.4, 0.5) is 0 Å². The minimum atomic E-state index is 0.439. The van der Waals surface area contributed by atoms with E-state index in [2.05, 4.69) is 53.3 Å². The van der Waals surface area contributed by atoms with Crippen molar-refractivity contribution in [2.45, 2.75) is 51.6 Å². The van der Waals surface area contributed by atoms with Gasteiger partial charge in [0.1, 0.15) is 5.75 Å². The number of fused-ring (bicyclic) bond motifs is 1. The highest BCUT2D eigenvalue weighted by Crippen LogP contribution is 2.37. The summed E-state index contributed by atoms with van der Waals surface area (Å²) < 4.78 is 6.92. The Bertz CT molecular complexity index is 476. The Kier molecular flexibility index (Phi) is 4.37. The summed E-state index contributed by atoms with van der Waals surface area (Å²) in [7, 11) is 0. The normalized spacial score (nSPS) is 33.4. The van der Waals surface area contributed by atoms with Gasteiger partial charge in [-0.15, -0.1) is 0 Å². The van der Waals surface area contributed by atoms with Crippen LogP contribution in [0.3, 0.4) is 0 Å².